The van der Waals surface area contributed by atoms with Crippen LogP contribution in [0.3, 0.4) is 0 Å². The van der Waals surface area contributed by atoms with Gasteiger partial charge in [-0.15, -0.1) is 0 Å². The molecule has 1 unspecified atom stereocenters. The van der Waals surface area contributed by atoms with Crippen molar-refractivity contribution in [3.05, 3.63) is 109 Å². The minimum atomic E-state index is -0.0211. The number of hydrogen-bond acceptors (Lipinski definition) is 2. The van der Waals surface area contributed by atoms with E-state index in [2.05, 4.69) is 141 Å². The largest absolute Gasteiger partial charge is 0.335 e. The second-order valence-electron chi connectivity index (χ2n) is 11.9. The summed E-state index contributed by atoms with van der Waals surface area (Å²) in [6.07, 6.45) is 1.08. The molecule has 3 aliphatic heterocycles. The summed E-state index contributed by atoms with van der Waals surface area (Å²) in [7, 11) is 0. The molecule has 0 radical (unpaired) electrons. The molecule has 38 heavy (non-hydrogen) atoms. The lowest BCUT2D eigenvalue weighted by atomic mass is 9.33. The zero-order valence-electron chi connectivity index (χ0n) is 22.5. The molecule has 3 heteroatoms. The summed E-state index contributed by atoms with van der Waals surface area (Å²) in [6.45, 7) is 9.91. The average molecular weight is 490 g/mol. The normalized spacial score (nSPS) is 19.8. The zero-order chi connectivity index (χ0) is 25.8. The van der Waals surface area contributed by atoms with Gasteiger partial charge in [0, 0.05) is 33.9 Å². The molecule has 0 spiro atoms. The second-order valence-corrected chi connectivity index (χ2v) is 11.9. The van der Waals surface area contributed by atoms with Crippen molar-refractivity contribution in [1.82, 2.24) is 0 Å². The summed E-state index contributed by atoms with van der Waals surface area (Å²) in [4.78, 5) is 5.21. The van der Waals surface area contributed by atoms with E-state index in [1.54, 1.807) is 0 Å². The summed E-state index contributed by atoms with van der Waals surface area (Å²) in [5, 5.41) is 2.58. The summed E-state index contributed by atoms with van der Waals surface area (Å²) >= 11 is 0. The summed E-state index contributed by atoms with van der Waals surface area (Å²) in [5.74, 6) is 0. The van der Waals surface area contributed by atoms with Gasteiger partial charge in [-0.2, -0.15) is 0 Å². The number of fused-ring (bicyclic) bond motifs is 5. The number of benzene rings is 5. The van der Waals surface area contributed by atoms with Crippen molar-refractivity contribution in [2.24, 2.45) is 0 Å². The number of para-hydroxylation sites is 2. The second kappa shape index (κ2) is 7.32. The molecule has 2 nitrogen and oxygen atoms in total. The molecule has 3 aliphatic rings. The van der Waals surface area contributed by atoms with Gasteiger partial charge in [0.05, 0.1) is 5.54 Å². The lowest BCUT2D eigenvalue weighted by Crippen LogP contribution is -2.64. The van der Waals surface area contributed by atoms with Crippen LogP contribution in [-0.2, 0) is 5.41 Å². The van der Waals surface area contributed by atoms with Crippen LogP contribution in [0.25, 0.3) is 10.8 Å². The molecule has 0 N–H and O–H groups in total. The molecule has 8 rings (SSSR count). The molecule has 0 aliphatic carbocycles. The zero-order valence-corrected chi connectivity index (χ0v) is 22.5. The van der Waals surface area contributed by atoms with Crippen LogP contribution in [0.1, 0.15) is 39.7 Å². The number of hydrogen-bond donors (Lipinski definition) is 0. The van der Waals surface area contributed by atoms with Crippen LogP contribution in [0, 0.1) is 0 Å². The van der Waals surface area contributed by atoms with Crippen molar-refractivity contribution < 1.29 is 0 Å². The van der Waals surface area contributed by atoms with Crippen molar-refractivity contribution in [1.29, 1.82) is 0 Å². The van der Waals surface area contributed by atoms with Gasteiger partial charge >= 0.3 is 0 Å². The maximum Gasteiger partial charge on any atom is 0.252 e. The lowest BCUT2D eigenvalue weighted by molar-refractivity contribution is 0.293. The quantitative estimate of drug-likeness (QED) is 0.240. The van der Waals surface area contributed by atoms with Crippen molar-refractivity contribution >= 4 is 62.3 Å². The Bertz CT molecular complexity index is 1770. The van der Waals surface area contributed by atoms with Crippen molar-refractivity contribution in [3.8, 4) is 0 Å². The van der Waals surface area contributed by atoms with Gasteiger partial charge < -0.3 is 9.80 Å². The molecule has 0 fully saturated rings. The highest BCUT2D eigenvalue weighted by Gasteiger charge is 2.57. The Kier molecular flexibility index (Phi) is 4.25. The highest BCUT2D eigenvalue weighted by atomic mass is 15.3. The van der Waals surface area contributed by atoms with Gasteiger partial charge in [0.15, 0.2) is 0 Å². The first-order valence-corrected chi connectivity index (χ1v) is 13.9. The first-order valence-electron chi connectivity index (χ1n) is 13.9. The van der Waals surface area contributed by atoms with Crippen LogP contribution in [-0.4, -0.2) is 12.3 Å². The van der Waals surface area contributed by atoms with Gasteiger partial charge in [-0.05, 0) is 76.4 Å². The van der Waals surface area contributed by atoms with Crippen LogP contribution >= 0.6 is 0 Å². The Hall–Kier alpha value is -3.98. The highest BCUT2D eigenvalue weighted by molar-refractivity contribution is 7.00. The van der Waals surface area contributed by atoms with E-state index in [9.17, 15) is 0 Å². The van der Waals surface area contributed by atoms with Crippen LogP contribution in [0.5, 0.6) is 0 Å². The first-order chi connectivity index (χ1) is 18.5. The summed E-state index contributed by atoms with van der Waals surface area (Å²) < 4.78 is 0. The maximum atomic E-state index is 2.71. The van der Waals surface area contributed by atoms with E-state index in [1.165, 1.54) is 61.2 Å². The molecular formula is C35H31BN2. The van der Waals surface area contributed by atoms with E-state index in [-0.39, 0.29) is 17.7 Å². The molecule has 184 valence electrons. The smallest absolute Gasteiger partial charge is 0.252 e. The Morgan fingerprint density at radius 2 is 1.34 bits per heavy atom. The molecular weight excluding hydrogens is 459 g/mol. The minimum absolute atomic E-state index is 0.0211. The van der Waals surface area contributed by atoms with E-state index in [4.69, 9.17) is 0 Å². The molecule has 1 atom stereocenters. The fraction of sp³-hybridized carbons (Fsp3) is 0.200. The van der Waals surface area contributed by atoms with Crippen molar-refractivity contribution in [2.75, 3.05) is 9.80 Å². The molecule has 5 aromatic carbocycles. The molecule has 0 bridgehead atoms. The van der Waals surface area contributed by atoms with Gasteiger partial charge in [0.2, 0.25) is 0 Å². The number of anilines is 5. The lowest BCUT2D eigenvalue weighted by Gasteiger charge is -2.49. The molecule has 3 heterocycles. The Labute approximate surface area is 225 Å². The summed E-state index contributed by atoms with van der Waals surface area (Å²) in [5.41, 5.74) is 12.3. The van der Waals surface area contributed by atoms with Gasteiger partial charge in [-0.1, -0.05) is 93.6 Å². The van der Waals surface area contributed by atoms with Crippen LogP contribution in [0.15, 0.2) is 103 Å². The van der Waals surface area contributed by atoms with E-state index in [0.717, 1.165) is 6.42 Å². The Balaban J connectivity index is 1.53. The van der Waals surface area contributed by atoms with Crippen LogP contribution in [0.4, 0.5) is 28.4 Å². The Morgan fingerprint density at radius 3 is 2.11 bits per heavy atom. The number of nitrogens with zero attached hydrogens (tertiary/aromatic N) is 2. The Morgan fingerprint density at radius 1 is 0.658 bits per heavy atom. The highest BCUT2D eigenvalue weighted by Crippen LogP contribution is 2.57. The van der Waals surface area contributed by atoms with Crippen LogP contribution in [0.2, 0.25) is 0 Å². The molecule has 5 aromatic rings. The van der Waals surface area contributed by atoms with E-state index in [0.29, 0.717) is 0 Å². The predicted octanol–water partition coefficient (Wildman–Crippen LogP) is 7.05. The van der Waals surface area contributed by atoms with Gasteiger partial charge in [0.1, 0.15) is 0 Å². The molecule has 0 amide bonds. The molecule has 0 aromatic heterocycles. The number of rotatable bonds is 2. The fourth-order valence-corrected chi connectivity index (χ4v) is 7.71. The minimum Gasteiger partial charge on any atom is -0.335 e. The topological polar surface area (TPSA) is 6.48 Å². The maximum absolute atomic E-state index is 2.71. The first kappa shape index (κ1) is 22.0. The van der Waals surface area contributed by atoms with Crippen molar-refractivity contribution in [3.63, 3.8) is 0 Å². The molecule has 0 saturated carbocycles. The summed E-state index contributed by atoms with van der Waals surface area (Å²) in [6, 6.07) is 38.6. The van der Waals surface area contributed by atoms with Gasteiger partial charge in [0.25, 0.3) is 6.71 Å². The third-order valence-corrected chi connectivity index (χ3v) is 10.1. The fourth-order valence-electron chi connectivity index (χ4n) is 7.71. The van der Waals surface area contributed by atoms with Crippen molar-refractivity contribution in [2.45, 2.75) is 45.1 Å². The third kappa shape index (κ3) is 2.50. The standard InChI is InChI=1S/C35H31BN2/c1-5-35(4)34(2,3)26-17-11-18-27-33(26)38(35)30-20-12-19-29-32(30)36(27)28-21-23-13-9-10-14-24(23)22-31(28)37(29)25-15-7-6-8-16-25/h6-22H,5H2,1-4H3. The molecule has 0 saturated heterocycles. The average Bonchev–Trinajstić information content (AvgIpc) is 3.13. The SMILES string of the molecule is CCC1(C)N2c3cccc4c3B(c3cc5ccccc5cc3N4c3ccccc3)c3cccc(c32)C1(C)C. The monoisotopic (exact) mass is 490 g/mol. The van der Waals surface area contributed by atoms with Gasteiger partial charge in [-0.3, -0.25) is 0 Å². The van der Waals surface area contributed by atoms with E-state index in [1.807, 2.05) is 0 Å². The van der Waals surface area contributed by atoms with Crippen LogP contribution < -0.4 is 26.2 Å². The van der Waals surface area contributed by atoms with E-state index >= 15 is 0 Å². The third-order valence-electron chi connectivity index (χ3n) is 10.1. The predicted molar refractivity (Wildman–Crippen MR) is 164 cm³/mol. The van der Waals surface area contributed by atoms with Gasteiger partial charge in [-0.25, -0.2) is 0 Å². The van der Waals surface area contributed by atoms with E-state index < -0.39 is 0 Å².